The van der Waals surface area contributed by atoms with Gasteiger partial charge in [0.05, 0.1) is 0 Å². The molecule has 28 heavy (non-hydrogen) atoms. The van der Waals surface area contributed by atoms with Crippen molar-refractivity contribution in [3.63, 3.8) is 0 Å². The van der Waals surface area contributed by atoms with Crippen LogP contribution in [0.5, 0.6) is 0 Å². The second kappa shape index (κ2) is 6.71. The molecule has 10 nitrogen and oxygen atoms in total. The summed E-state index contributed by atoms with van der Waals surface area (Å²) in [6, 6.07) is 5.96. The van der Waals surface area contributed by atoms with E-state index in [0.717, 1.165) is 0 Å². The van der Waals surface area contributed by atoms with E-state index < -0.39 is 23.0 Å². The zero-order chi connectivity index (χ0) is 19.8. The fourth-order valence-electron chi connectivity index (χ4n) is 3.50. The van der Waals surface area contributed by atoms with E-state index in [1.807, 2.05) is 0 Å². The molecule has 1 unspecified atom stereocenters. The summed E-state index contributed by atoms with van der Waals surface area (Å²) in [5.41, 5.74) is -0.942. The molecule has 10 heteroatoms. The second-order valence-electron chi connectivity index (χ2n) is 7.01. The zero-order valence-corrected chi connectivity index (χ0v) is 15.2. The van der Waals surface area contributed by atoms with Gasteiger partial charge in [-0.2, -0.15) is 4.98 Å². The SMILES string of the molecule is CC1(c2ccc(C(=O)NC3(c4ncon4)CCOCC3)cc2)NC(=O)NC1=O. The number of nitrogens with zero attached hydrogens (tertiary/aromatic N) is 2. The average Bonchev–Trinajstić information content (AvgIpc) is 3.32. The largest absolute Gasteiger partial charge is 0.381 e. The fraction of sp³-hybridized carbons (Fsp3) is 0.389. The summed E-state index contributed by atoms with van der Waals surface area (Å²) in [5.74, 6) is -0.324. The lowest BCUT2D eigenvalue weighted by molar-refractivity contribution is -0.123. The number of benzene rings is 1. The van der Waals surface area contributed by atoms with Crippen LogP contribution in [0.3, 0.4) is 0 Å². The summed E-state index contributed by atoms with van der Waals surface area (Å²) >= 11 is 0. The van der Waals surface area contributed by atoms with Gasteiger partial charge in [-0.3, -0.25) is 14.9 Å². The van der Waals surface area contributed by atoms with Crippen molar-refractivity contribution in [3.05, 3.63) is 47.6 Å². The van der Waals surface area contributed by atoms with E-state index in [9.17, 15) is 14.4 Å². The molecule has 1 aromatic heterocycles. The molecule has 2 aromatic rings. The summed E-state index contributed by atoms with van der Waals surface area (Å²) in [5, 5.41) is 11.7. The molecule has 0 saturated carbocycles. The molecule has 0 radical (unpaired) electrons. The first-order valence-electron chi connectivity index (χ1n) is 8.84. The highest BCUT2D eigenvalue weighted by Gasteiger charge is 2.43. The monoisotopic (exact) mass is 385 g/mol. The maximum Gasteiger partial charge on any atom is 0.322 e. The fourth-order valence-corrected chi connectivity index (χ4v) is 3.50. The Bertz CT molecular complexity index is 905. The van der Waals surface area contributed by atoms with E-state index in [-0.39, 0.29) is 5.91 Å². The van der Waals surface area contributed by atoms with Crippen LogP contribution in [0.15, 0.2) is 35.2 Å². The van der Waals surface area contributed by atoms with Gasteiger partial charge in [0.25, 0.3) is 11.8 Å². The third kappa shape index (κ3) is 3.01. The van der Waals surface area contributed by atoms with Crippen molar-refractivity contribution in [1.29, 1.82) is 0 Å². The van der Waals surface area contributed by atoms with Crippen molar-refractivity contribution >= 4 is 17.8 Å². The highest BCUT2D eigenvalue weighted by Crippen LogP contribution is 2.30. The number of rotatable bonds is 4. The van der Waals surface area contributed by atoms with Gasteiger partial charge in [-0.15, -0.1) is 0 Å². The van der Waals surface area contributed by atoms with Crippen molar-refractivity contribution in [1.82, 2.24) is 26.1 Å². The molecule has 2 aliphatic rings. The Hall–Kier alpha value is -3.27. The standard InChI is InChI=1S/C18H19N5O5/c1-17(15(25)20-16(26)22-17)12-4-2-11(3-5-12)13(24)21-18(6-8-27-9-7-18)14-19-10-28-23-14/h2-5,10H,6-9H2,1H3,(H,21,24)(H2,20,22,25,26). The van der Waals surface area contributed by atoms with Crippen molar-refractivity contribution in [2.45, 2.75) is 30.8 Å². The molecule has 4 rings (SSSR count). The molecule has 2 aliphatic heterocycles. The van der Waals surface area contributed by atoms with Crippen LogP contribution < -0.4 is 16.0 Å². The van der Waals surface area contributed by atoms with Crippen LogP contribution in [-0.2, 0) is 20.6 Å². The van der Waals surface area contributed by atoms with Gasteiger partial charge >= 0.3 is 6.03 Å². The smallest absolute Gasteiger partial charge is 0.322 e. The van der Waals surface area contributed by atoms with Gasteiger partial charge in [-0.25, -0.2) is 4.79 Å². The molecule has 4 amide bonds. The van der Waals surface area contributed by atoms with Gasteiger partial charge in [-0.05, 0) is 24.6 Å². The lowest BCUT2D eigenvalue weighted by atomic mass is 9.88. The number of aromatic nitrogens is 2. The van der Waals surface area contributed by atoms with Gasteiger partial charge in [0.2, 0.25) is 6.39 Å². The Kier molecular flexibility index (Phi) is 4.34. The van der Waals surface area contributed by atoms with Gasteiger partial charge < -0.3 is 19.9 Å². The normalized spacial score (nSPS) is 23.8. The number of carbonyl (C=O) groups excluding carboxylic acids is 3. The van der Waals surface area contributed by atoms with Crippen molar-refractivity contribution < 1.29 is 23.6 Å². The minimum absolute atomic E-state index is 0.302. The average molecular weight is 385 g/mol. The Balaban J connectivity index is 1.55. The van der Waals surface area contributed by atoms with Gasteiger partial charge in [0, 0.05) is 31.6 Å². The first-order chi connectivity index (χ1) is 13.4. The van der Waals surface area contributed by atoms with Gasteiger partial charge in [0.15, 0.2) is 5.82 Å². The lowest BCUT2D eigenvalue weighted by Crippen LogP contribution is -2.50. The second-order valence-corrected chi connectivity index (χ2v) is 7.01. The summed E-state index contributed by atoms with van der Waals surface area (Å²) in [4.78, 5) is 40.5. The number of imide groups is 1. The lowest BCUT2D eigenvalue weighted by Gasteiger charge is -2.35. The minimum Gasteiger partial charge on any atom is -0.381 e. The van der Waals surface area contributed by atoms with Crippen LogP contribution in [0.25, 0.3) is 0 Å². The number of carbonyl (C=O) groups is 3. The van der Waals surface area contributed by atoms with Crippen LogP contribution in [0.4, 0.5) is 4.79 Å². The Morgan fingerprint density at radius 1 is 1.18 bits per heavy atom. The first-order valence-corrected chi connectivity index (χ1v) is 8.84. The molecule has 2 saturated heterocycles. The Morgan fingerprint density at radius 2 is 1.89 bits per heavy atom. The van der Waals surface area contributed by atoms with Crippen molar-refractivity contribution in [2.75, 3.05) is 13.2 Å². The molecular weight excluding hydrogens is 366 g/mol. The summed E-state index contributed by atoms with van der Waals surface area (Å²) in [7, 11) is 0. The zero-order valence-electron chi connectivity index (χ0n) is 15.2. The third-order valence-corrected chi connectivity index (χ3v) is 5.26. The maximum atomic E-state index is 12.9. The van der Waals surface area contributed by atoms with E-state index in [1.54, 1.807) is 31.2 Å². The number of nitrogens with one attached hydrogen (secondary N) is 3. The van der Waals surface area contributed by atoms with E-state index in [2.05, 4.69) is 26.1 Å². The molecule has 2 fully saturated rings. The molecule has 0 spiro atoms. The number of hydrogen-bond acceptors (Lipinski definition) is 7. The summed E-state index contributed by atoms with van der Waals surface area (Å²) in [6.07, 6.45) is 2.29. The topological polar surface area (TPSA) is 135 Å². The molecule has 3 N–H and O–H groups in total. The van der Waals surface area contributed by atoms with Gasteiger partial charge in [0.1, 0.15) is 11.1 Å². The Labute approximate surface area is 160 Å². The molecule has 3 heterocycles. The van der Waals surface area contributed by atoms with Crippen LogP contribution >= 0.6 is 0 Å². The molecule has 0 aliphatic carbocycles. The summed E-state index contributed by atoms with van der Waals surface area (Å²) < 4.78 is 10.3. The number of amides is 4. The molecule has 1 aromatic carbocycles. The van der Waals surface area contributed by atoms with Crippen LogP contribution in [-0.4, -0.2) is 41.2 Å². The van der Waals surface area contributed by atoms with Crippen LogP contribution in [0.1, 0.15) is 41.5 Å². The molecule has 146 valence electrons. The number of urea groups is 1. The quantitative estimate of drug-likeness (QED) is 0.654. The van der Waals surface area contributed by atoms with Crippen LogP contribution in [0.2, 0.25) is 0 Å². The minimum atomic E-state index is -1.17. The highest BCUT2D eigenvalue weighted by atomic mass is 16.5. The van der Waals surface area contributed by atoms with Crippen molar-refractivity contribution in [2.24, 2.45) is 0 Å². The predicted molar refractivity (Wildman–Crippen MR) is 94.0 cm³/mol. The predicted octanol–water partition coefficient (Wildman–Crippen LogP) is 0.560. The summed E-state index contributed by atoms with van der Waals surface area (Å²) in [6.45, 7) is 2.55. The van der Waals surface area contributed by atoms with E-state index in [1.165, 1.54) is 6.39 Å². The molecule has 1 atom stereocenters. The van der Waals surface area contributed by atoms with E-state index in [4.69, 9.17) is 9.26 Å². The maximum absolute atomic E-state index is 12.9. The third-order valence-electron chi connectivity index (χ3n) is 5.26. The van der Waals surface area contributed by atoms with E-state index >= 15 is 0 Å². The van der Waals surface area contributed by atoms with Gasteiger partial charge in [-0.1, -0.05) is 17.3 Å². The number of hydrogen-bond donors (Lipinski definition) is 3. The highest BCUT2D eigenvalue weighted by molar-refractivity contribution is 6.07. The van der Waals surface area contributed by atoms with Crippen LogP contribution in [0, 0.1) is 0 Å². The van der Waals surface area contributed by atoms with Crippen molar-refractivity contribution in [3.8, 4) is 0 Å². The van der Waals surface area contributed by atoms with E-state index in [0.29, 0.717) is 43.0 Å². The molecule has 0 bridgehead atoms. The first kappa shape index (κ1) is 18.1. The Morgan fingerprint density at radius 3 is 2.46 bits per heavy atom. The molecular formula is C18H19N5O5. The number of ether oxygens (including phenoxy) is 1.